The lowest BCUT2D eigenvalue weighted by Gasteiger charge is -2.25. The van der Waals surface area contributed by atoms with Crippen molar-refractivity contribution in [2.24, 2.45) is 0 Å². The molecule has 0 aliphatic heterocycles. The minimum absolute atomic E-state index is 0.0618. The lowest BCUT2D eigenvalue weighted by Crippen LogP contribution is -2.42. The molecular weight excluding hydrogens is 556 g/mol. The van der Waals surface area contributed by atoms with Crippen molar-refractivity contribution in [3.05, 3.63) is 141 Å². The summed E-state index contributed by atoms with van der Waals surface area (Å²) in [6, 6.07) is 31.3. The standard InChI is InChI=1S/C35H34N4O5/c1-24-28(23-39(35(42)43)22-27-16-10-5-11-17-27)18-19-29-31(24)33(41)44-34(36-29)37-30(20-25-12-6-3-7-13-25)32(40)38(2)21-26-14-8-4-9-15-26/h3-19,30H,20-23H2,1-2H3,(H,36,37)(H,42,43)/t30-/m0/s1. The number of fused-ring (bicyclic) bond motifs is 1. The second-order valence-electron chi connectivity index (χ2n) is 10.7. The third kappa shape index (κ3) is 7.30. The monoisotopic (exact) mass is 590 g/mol. The van der Waals surface area contributed by atoms with Gasteiger partial charge in [-0.1, -0.05) is 97.1 Å². The Kier molecular flexibility index (Phi) is 9.34. The largest absolute Gasteiger partial charge is 0.465 e. The van der Waals surface area contributed by atoms with Gasteiger partial charge in [0.1, 0.15) is 6.04 Å². The first-order valence-corrected chi connectivity index (χ1v) is 14.3. The number of hydrogen-bond donors (Lipinski definition) is 2. The van der Waals surface area contributed by atoms with Crippen molar-refractivity contribution in [3.8, 4) is 0 Å². The first kappa shape index (κ1) is 30.0. The smallest absolute Gasteiger partial charge is 0.407 e. The Balaban J connectivity index is 1.40. The number of carbonyl (C=O) groups is 2. The highest BCUT2D eigenvalue weighted by Gasteiger charge is 2.25. The van der Waals surface area contributed by atoms with Crippen LogP contribution in [0.3, 0.4) is 0 Å². The van der Waals surface area contributed by atoms with E-state index in [1.54, 1.807) is 31.0 Å². The van der Waals surface area contributed by atoms with Gasteiger partial charge in [0.2, 0.25) is 5.91 Å². The molecule has 0 aliphatic rings. The van der Waals surface area contributed by atoms with Crippen molar-refractivity contribution in [2.75, 3.05) is 12.4 Å². The number of amides is 2. The summed E-state index contributed by atoms with van der Waals surface area (Å²) in [5.74, 6) is -0.180. The molecule has 9 heteroatoms. The molecule has 0 aliphatic carbocycles. The molecule has 1 heterocycles. The predicted octanol–water partition coefficient (Wildman–Crippen LogP) is 5.86. The van der Waals surface area contributed by atoms with Gasteiger partial charge in [-0.2, -0.15) is 4.98 Å². The van der Waals surface area contributed by atoms with E-state index in [9.17, 15) is 19.5 Å². The van der Waals surface area contributed by atoms with Gasteiger partial charge in [-0.25, -0.2) is 9.59 Å². The van der Waals surface area contributed by atoms with Crippen LogP contribution in [0.4, 0.5) is 10.8 Å². The number of rotatable bonds is 11. The van der Waals surface area contributed by atoms with E-state index in [0.29, 0.717) is 29.6 Å². The van der Waals surface area contributed by atoms with Gasteiger partial charge in [-0.3, -0.25) is 9.69 Å². The van der Waals surface area contributed by atoms with Crippen LogP contribution in [0.5, 0.6) is 0 Å². The maximum atomic E-state index is 13.7. The number of nitrogens with zero attached hydrogens (tertiary/aromatic N) is 3. The van der Waals surface area contributed by atoms with Crippen molar-refractivity contribution >= 4 is 28.9 Å². The lowest BCUT2D eigenvalue weighted by atomic mass is 10.0. The first-order chi connectivity index (χ1) is 21.3. The summed E-state index contributed by atoms with van der Waals surface area (Å²) in [5, 5.41) is 13.2. The van der Waals surface area contributed by atoms with Crippen LogP contribution >= 0.6 is 0 Å². The molecule has 224 valence electrons. The zero-order valence-corrected chi connectivity index (χ0v) is 24.6. The van der Waals surface area contributed by atoms with Crippen LogP contribution in [0.15, 0.2) is 112 Å². The number of carbonyl (C=O) groups excluding carboxylic acids is 1. The van der Waals surface area contributed by atoms with Crippen LogP contribution in [-0.4, -0.2) is 45.0 Å². The molecule has 0 radical (unpaired) electrons. The number of likely N-dealkylation sites (N-methyl/N-ethyl adjacent to an activating group) is 1. The van der Waals surface area contributed by atoms with Crippen molar-refractivity contribution in [1.29, 1.82) is 0 Å². The summed E-state index contributed by atoms with van der Waals surface area (Å²) in [5.41, 5.74) is 3.82. The number of aromatic nitrogens is 1. The van der Waals surface area contributed by atoms with Crippen molar-refractivity contribution in [1.82, 2.24) is 14.8 Å². The minimum Gasteiger partial charge on any atom is -0.465 e. The maximum absolute atomic E-state index is 13.7. The molecule has 5 rings (SSSR count). The highest BCUT2D eigenvalue weighted by Crippen LogP contribution is 2.22. The molecule has 4 aromatic carbocycles. The molecule has 5 aromatic rings. The minimum atomic E-state index is -1.07. The molecule has 0 spiro atoms. The van der Waals surface area contributed by atoms with Gasteiger partial charge < -0.3 is 19.7 Å². The zero-order valence-electron chi connectivity index (χ0n) is 24.6. The van der Waals surface area contributed by atoms with E-state index in [-0.39, 0.29) is 30.4 Å². The second-order valence-corrected chi connectivity index (χ2v) is 10.7. The summed E-state index contributed by atoms with van der Waals surface area (Å²) in [7, 11) is 1.74. The van der Waals surface area contributed by atoms with E-state index in [1.807, 2.05) is 91.0 Å². The fourth-order valence-corrected chi connectivity index (χ4v) is 5.20. The summed E-state index contributed by atoms with van der Waals surface area (Å²) < 4.78 is 5.61. The third-order valence-electron chi connectivity index (χ3n) is 7.54. The molecule has 0 unspecified atom stereocenters. The topological polar surface area (TPSA) is 116 Å². The number of nitrogens with one attached hydrogen (secondary N) is 1. The molecule has 44 heavy (non-hydrogen) atoms. The van der Waals surface area contributed by atoms with Crippen LogP contribution in [0, 0.1) is 6.92 Å². The average Bonchev–Trinajstić information content (AvgIpc) is 3.02. The Morgan fingerprint density at radius 1 is 0.818 bits per heavy atom. The number of aryl methyl sites for hydroxylation is 1. The lowest BCUT2D eigenvalue weighted by molar-refractivity contribution is -0.131. The highest BCUT2D eigenvalue weighted by molar-refractivity contribution is 5.85. The van der Waals surface area contributed by atoms with Crippen LogP contribution in [0.2, 0.25) is 0 Å². The van der Waals surface area contributed by atoms with Gasteiger partial charge in [0.15, 0.2) is 0 Å². The molecule has 1 aromatic heterocycles. The van der Waals surface area contributed by atoms with E-state index in [1.165, 1.54) is 4.90 Å². The molecule has 0 bridgehead atoms. The summed E-state index contributed by atoms with van der Waals surface area (Å²) in [6.45, 7) is 2.47. The van der Waals surface area contributed by atoms with E-state index in [2.05, 4.69) is 10.3 Å². The average molecular weight is 591 g/mol. The van der Waals surface area contributed by atoms with E-state index in [4.69, 9.17) is 4.42 Å². The Morgan fingerprint density at radius 3 is 1.98 bits per heavy atom. The highest BCUT2D eigenvalue weighted by atomic mass is 16.4. The van der Waals surface area contributed by atoms with Crippen LogP contribution in [-0.2, 0) is 30.8 Å². The molecule has 2 amide bonds. The van der Waals surface area contributed by atoms with Crippen LogP contribution in [0.25, 0.3) is 10.9 Å². The molecular formula is C35H34N4O5. The van der Waals surface area contributed by atoms with Gasteiger partial charge in [0, 0.05) is 33.1 Å². The van der Waals surface area contributed by atoms with Crippen molar-refractivity contribution in [2.45, 2.75) is 39.0 Å². The predicted molar refractivity (Wildman–Crippen MR) is 169 cm³/mol. The van der Waals surface area contributed by atoms with E-state index in [0.717, 1.165) is 16.7 Å². The van der Waals surface area contributed by atoms with Gasteiger partial charge in [-0.05, 0) is 40.8 Å². The van der Waals surface area contributed by atoms with Gasteiger partial charge in [0.25, 0.3) is 6.01 Å². The summed E-state index contributed by atoms with van der Waals surface area (Å²) >= 11 is 0. The molecule has 9 nitrogen and oxygen atoms in total. The van der Waals surface area contributed by atoms with Gasteiger partial charge in [-0.15, -0.1) is 0 Å². The summed E-state index contributed by atoms with van der Waals surface area (Å²) in [4.78, 5) is 46.5. The fraction of sp³-hybridized carbons (Fsp3) is 0.200. The fourth-order valence-electron chi connectivity index (χ4n) is 5.20. The maximum Gasteiger partial charge on any atom is 0.407 e. The quantitative estimate of drug-likeness (QED) is 0.198. The molecule has 2 N–H and O–H groups in total. The normalized spacial score (nSPS) is 11.6. The van der Waals surface area contributed by atoms with Crippen molar-refractivity contribution in [3.63, 3.8) is 0 Å². The number of anilines is 1. The summed E-state index contributed by atoms with van der Waals surface area (Å²) in [6.07, 6.45) is -0.712. The van der Waals surface area contributed by atoms with Crippen molar-refractivity contribution < 1.29 is 19.1 Å². The Morgan fingerprint density at radius 2 is 1.39 bits per heavy atom. The van der Waals surface area contributed by atoms with E-state index < -0.39 is 17.8 Å². The Hall–Kier alpha value is -5.44. The number of benzene rings is 4. The molecule has 1 atom stereocenters. The molecule has 0 saturated heterocycles. The van der Waals surface area contributed by atoms with E-state index >= 15 is 0 Å². The molecule has 0 fully saturated rings. The number of carboxylic acid groups (broad SMARTS) is 1. The van der Waals surface area contributed by atoms with Crippen LogP contribution in [0.1, 0.15) is 27.8 Å². The Labute approximate surface area is 255 Å². The SMILES string of the molecule is Cc1c(CN(Cc2ccccc2)C(=O)O)ccc2nc(N[C@@H](Cc3ccccc3)C(=O)N(C)Cc3ccccc3)oc(=O)c12. The number of hydrogen-bond acceptors (Lipinski definition) is 6. The zero-order chi connectivity index (χ0) is 31.1. The Bertz CT molecular complexity index is 1790. The third-order valence-corrected chi connectivity index (χ3v) is 7.54. The van der Waals surface area contributed by atoms with Crippen LogP contribution < -0.4 is 10.9 Å². The van der Waals surface area contributed by atoms with Gasteiger partial charge >= 0.3 is 11.7 Å². The first-order valence-electron chi connectivity index (χ1n) is 14.3. The van der Waals surface area contributed by atoms with Gasteiger partial charge in [0.05, 0.1) is 10.9 Å². The second kappa shape index (κ2) is 13.7. The molecule has 0 saturated carbocycles.